The van der Waals surface area contributed by atoms with Crippen molar-refractivity contribution in [3.63, 3.8) is 0 Å². The maximum absolute atomic E-state index is 12.2. The number of aryl methyl sites for hydroxylation is 1. The molecule has 1 atom stereocenters. The van der Waals surface area contributed by atoms with E-state index in [2.05, 4.69) is 12.0 Å². The van der Waals surface area contributed by atoms with Crippen molar-refractivity contribution in [2.45, 2.75) is 26.7 Å². The first-order valence-electron chi connectivity index (χ1n) is 6.26. The van der Waals surface area contributed by atoms with E-state index >= 15 is 0 Å². The van der Waals surface area contributed by atoms with Crippen LogP contribution in [0.5, 0.6) is 0 Å². The van der Waals surface area contributed by atoms with Gasteiger partial charge in [-0.25, -0.2) is 5.01 Å². The molecule has 96 valence electrons. The van der Waals surface area contributed by atoms with Gasteiger partial charge in [0, 0.05) is 12.3 Å². The number of nitrogens with zero attached hydrogens (tertiary/aromatic N) is 2. The lowest BCUT2D eigenvalue weighted by Gasteiger charge is -2.14. The summed E-state index contributed by atoms with van der Waals surface area (Å²) in [6, 6.07) is 7.84. The maximum Gasteiger partial charge on any atom is 0.256 e. The van der Waals surface area contributed by atoms with Gasteiger partial charge in [-0.1, -0.05) is 19.1 Å². The first kappa shape index (κ1) is 12.8. The smallest absolute Gasteiger partial charge is 0.256 e. The van der Waals surface area contributed by atoms with Crippen LogP contribution in [0.15, 0.2) is 29.4 Å². The van der Waals surface area contributed by atoms with Crippen molar-refractivity contribution in [1.82, 2.24) is 0 Å². The Hall–Kier alpha value is -1.68. The molecule has 0 aliphatic carbocycles. The zero-order valence-corrected chi connectivity index (χ0v) is 10.8. The summed E-state index contributed by atoms with van der Waals surface area (Å²) >= 11 is 0. The topological polar surface area (TPSA) is 52.9 Å². The van der Waals surface area contributed by atoms with Gasteiger partial charge in [-0.05, 0) is 37.5 Å². The number of rotatable bonds is 4. The highest BCUT2D eigenvalue weighted by Gasteiger charge is 2.33. The molecule has 0 radical (unpaired) electrons. The Balaban J connectivity index is 2.21. The monoisotopic (exact) mass is 246 g/mol. The van der Waals surface area contributed by atoms with Gasteiger partial charge in [0.05, 0.1) is 11.6 Å². The predicted octanol–water partition coefficient (Wildman–Crippen LogP) is 1.97. The van der Waals surface area contributed by atoms with E-state index in [4.69, 9.17) is 5.11 Å². The average molecular weight is 246 g/mol. The zero-order valence-electron chi connectivity index (χ0n) is 10.8. The van der Waals surface area contributed by atoms with Crippen molar-refractivity contribution in [3.05, 3.63) is 29.8 Å². The summed E-state index contributed by atoms with van der Waals surface area (Å²) in [5.41, 5.74) is 2.80. The molecule has 0 fully saturated rings. The molecule has 1 aromatic carbocycles. The van der Waals surface area contributed by atoms with Gasteiger partial charge in [-0.2, -0.15) is 5.10 Å². The summed E-state index contributed by atoms with van der Waals surface area (Å²) in [4.78, 5) is 12.2. The minimum absolute atomic E-state index is 0.00583. The Morgan fingerprint density at radius 1 is 1.33 bits per heavy atom. The van der Waals surface area contributed by atoms with Gasteiger partial charge in [0.1, 0.15) is 0 Å². The van der Waals surface area contributed by atoms with Crippen LogP contribution in [-0.4, -0.2) is 23.3 Å². The molecule has 2 rings (SSSR count). The second-order valence-electron chi connectivity index (χ2n) is 4.48. The van der Waals surface area contributed by atoms with Crippen molar-refractivity contribution in [2.24, 2.45) is 11.0 Å². The number of hydrazone groups is 1. The molecular weight excluding hydrogens is 228 g/mol. The molecule has 1 aromatic rings. The zero-order chi connectivity index (χ0) is 13.1. The van der Waals surface area contributed by atoms with Crippen LogP contribution in [0, 0.1) is 5.92 Å². The van der Waals surface area contributed by atoms with Crippen LogP contribution in [0.3, 0.4) is 0 Å². The number of carbonyl (C=O) groups is 1. The van der Waals surface area contributed by atoms with Crippen LogP contribution in [-0.2, 0) is 11.2 Å². The molecule has 1 aliphatic heterocycles. The number of amides is 1. The largest absolute Gasteiger partial charge is 0.396 e. The molecule has 1 N–H and O–H groups in total. The number of anilines is 1. The van der Waals surface area contributed by atoms with E-state index in [1.807, 2.05) is 31.2 Å². The highest BCUT2D eigenvalue weighted by Crippen LogP contribution is 2.25. The molecule has 4 heteroatoms. The van der Waals surface area contributed by atoms with Crippen molar-refractivity contribution in [1.29, 1.82) is 0 Å². The van der Waals surface area contributed by atoms with Gasteiger partial charge in [0.2, 0.25) is 0 Å². The average Bonchev–Trinajstić information content (AvgIpc) is 2.67. The van der Waals surface area contributed by atoms with E-state index in [0.29, 0.717) is 6.42 Å². The van der Waals surface area contributed by atoms with Crippen molar-refractivity contribution < 1.29 is 9.90 Å². The van der Waals surface area contributed by atoms with E-state index in [-0.39, 0.29) is 18.4 Å². The number of aliphatic hydroxyl groups excluding tert-OH is 1. The third kappa shape index (κ3) is 2.29. The lowest BCUT2D eigenvalue weighted by atomic mass is 10.0. The van der Waals surface area contributed by atoms with Crippen LogP contribution in [0.25, 0.3) is 0 Å². The molecular formula is C14H18N2O2. The number of hydrogen-bond donors (Lipinski definition) is 1. The molecule has 1 unspecified atom stereocenters. The fourth-order valence-corrected chi connectivity index (χ4v) is 2.12. The molecule has 0 spiro atoms. The molecule has 0 bridgehead atoms. The lowest BCUT2D eigenvalue weighted by molar-refractivity contribution is -0.120. The van der Waals surface area contributed by atoms with Crippen LogP contribution < -0.4 is 5.01 Å². The SMILES string of the molecule is CCc1ccc(N2N=C(C)C(CCO)C2=O)cc1. The highest BCUT2D eigenvalue weighted by molar-refractivity contribution is 6.14. The van der Waals surface area contributed by atoms with Crippen molar-refractivity contribution in [3.8, 4) is 0 Å². The molecule has 1 aliphatic rings. The summed E-state index contributed by atoms with van der Waals surface area (Å²) in [7, 11) is 0. The molecule has 18 heavy (non-hydrogen) atoms. The van der Waals surface area contributed by atoms with Crippen LogP contribution in [0.4, 0.5) is 5.69 Å². The standard InChI is InChI=1S/C14H18N2O2/c1-3-11-4-6-12(7-5-11)16-14(18)13(8-9-17)10(2)15-16/h4-7,13,17H,3,8-9H2,1-2H3. The first-order chi connectivity index (χ1) is 8.67. The molecule has 4 nitrogen and oxygen atoms in total. The molecule has 0 aromatic heterocycles. The van der Waals surface area contributed by atoms with E-state index in [1.54, 1.807) is 0 Å². The Bertz CT molecular complexity index is 465. The Labute approximate surface area is 107 Å². The number of aliphatic hydroxyl groups is 1. The quantitative estimate of drug-likeness (QED) is 0.883. The van der Waals surface area contributed by atoms with Gasteiger partial charge < -0.3 is 5.11 Å². The van der Waals surface area contributed by atoms with Gasteiger partial charge in [-0.3, -0.25) is 4.79 Å². The Morgan fingerprint density at radius 2 is 2.00 bits per heavy atom. The summed E-state index contributed by atoms with van der Waals surface area (Å²) in [5.74, 6) is -0.327. The van der Waals surface area contributed by atoms with E-state index in [0.717, 1.165) is 17.8 Å². The second-order valence-corrected chi connectivity index (χ2v) is 4.48. The fraction of sp³-hybridized carbons (Fsp3) is 0.429. The Morgan fingerprint density at radius 3 is 2.56 bits per heavy atom. The van der Waals surface area contributed by atoms with Crippen LogP contribution in [0.2, 0.25) is 0 Å². The fourth-order valence-electron chi connectivity index (χ4n) is 2.12. The second kappa shape index (κ2) is 5.31. The third-order valence-corrected chi connectivity index (χ3v) is 3.28. The van der Waals surface area contributed by atoms with Crippen molar-refractivity contribution in [2.75, 3.05) is 11.6 Å². The molecule has 1 amide bonds. The summed E-state index contributed by atoms with van der Waals surface area (Å²) in [6.45, 7) is 3.93. The van der Waals surface area contributed by atoms with Crippen LogP contribution in [0.1, 0.15) is 25.8 Å². The van der Waals surface area contributed by atoms with Gasteiger partial charge >= 0.3 is 0 Å². The van der Waals surface area contributed by atoms with Gasteiger partial charge in [-0.15, -0.1) is 0 Å². The first-order valence-corrected chi connectivity index (χ1v) is 6.26. The van der Waals surface area contributed by atoms with Crippen molar-refractivity contribution >= 4 is 17.3 Å². The van der Waals surface area contributed by atoms with Gasteiger partial charge in [0.25, 0.3) is 5.91 Å². The summed E-state index contributed by atoms with van der Waals surface area (Å²) in [5, 5.41) is 14.7. The summed E-state index contributed by atoms with van der Waals surface area (Å²) in [6.07, 6.45) is 1.42. The number of hydrogen-bond acceptors (Lipinski definition) is 3. The molecule has 0 saturated carbocycles. The van der Waals surface area contributed by atoms with E-state index in [1.165, 1.54) is 10.6 Å². The van der Waals surface area contributed by atoms with E-state index < -0.39 is 0 Å². The minimum atomic E-state index is -0.277. The third-order valence-electron chi connectivity index (χ3n) is 3.28. The minimum Gasteiger partial charge on any atom is -0.396 e. The molecule has 0 saturated heterocycles. The Kier molecular flexibility index (Phi) is 3.77. The lowest BCUT2D eigenvalue weighted by Crippen LogP contribution is -2.27. The van der Waals surface area contributed by atoms with Crippen LogP contribution >= 0.6 is 0 Å². The predicted molar refractivity (Wildman–Crippen MR) is 71.6 cm³/mol. The van der Waals surface area contributed by atoms with E-state index in [9.17, 15) is 4.79 Å². The maximum atomic E-state index is 12.2. The number of benzene rings is 1. The normalized spacial score (nSPS) is 19.3. The number of carbonyl (C=O) groups excluding carboxylic acids is 1. The summed E-state index contributed by atoms with van der Waals surface area (Å²) < 4.78 is 0. The molecule has 1 heterocycles. The van der Waals surface area contributed by atoms with Gasteiger partial charge in [0.15, 0.2) is 0 Å². The highest BCUT2D eigenvalue weighted by atomic mass is 16.3.